The summed E-state index contributed by atoms with van der Waals surface area (Å²) in [4.78, 5) is 24.6. The number of urea groups is 1. The van der Waals surface area contributed by atoms with Gasteiger partial charge in [-0.3, -0.25) is 9.80 Å². The van der Waals surface area contributed by atoms with Gasteiger partial charge < -0.3 is 5.32 Å². The number of nitrogens with one attached hydrogen (secondary N) is 1. The van der Waals surface area contributed by atoms with Gasteiger partial charge in [-0.15, -0.1) is 0 Å². The molecular formula is C19H24ClN5O. The zero-order chi connectivity index (χ0) is 18.6. The number of halogens is 1. The number of rotatable bonds is 3. The van der Waals surface area contributed by atoms with Crippen molar-refractivity contribution in [1.82, 2.24) is 20.2 Å². The minimum atomic E-state index is -0.126. The van der Waals surface area contributed by atoms with E-state index in [9.17, 15) is 4.79 Å². The third kappa shape index (κ3) is 3.81. The van der Waals surface area contributed by atoms with Crippen LogP contribution in [0.1, 0.15) is 24.8 Å². The van der Waals surface area contributed by atoms with E-state index in [-0.39, 0.29) is 16.9 Å². The highest BCUT2D eigenvalue weighted by molar-refractivity contribution is 6.28. The van der Waals surface area contributed by atoms with Crippen LogP contribution in [0.2, 0.25) is 5.28 Å². The summed E-state index contributed by atoms with van der Waals surface area (Å²) in [6, 6.07) is 10.4. The van der Waals surface area contributed by atoms with E-state index in [0.29, 0.717) is 18.8 Å². The van der Waals surface area contributed by atoms with Gasteiger partial charge in [-0.05, 0) is 50.5 Å². The van der Waals surface area contributed by atoms with Crippen LogP contribution in [0.15, 0.2) is 42.7 Å². The van der Waals surface area contributed by atoms with Crippen molar-refractivity contribution < 1.29 is 4.79 Å². The Hall–Kier alpha value is -2.18. The maximum atomic E-state index is 12.6. The minimum Gasteiger partial charge on any atom is -0.338 e. The lowest BCUT2D eigenvalue weighted by atomic mass is 9.81. The Kier molecular flexibility index (Phi) is 5.74. The van der Waals surface area contributed by atoms with Crippen LogP contribution in [0.5, 0.6) is 0 Å². The van der Waals surface area contributed by atoms with Crippen molar-refractivity contribution in [3.63, 3.8) is 0 Å². The van der Waals surface area contributed by atoms with Gasteiger partial charge in [0.2, 0.25) is 5.28 Å². The molecule has 1 N–H and O–H groups in total. The molecule has 0 radical (unpaired) electrons. The van der Waals surface area contributed by atoms with Crippen molar-refractivity contribution >= 4 is 23.3 Å². The third-order valence-electron chi connectivity index (χ3n) is 5.12. The quantitative estimate of drug-likeness (QED) is 0.838. The Bertz CT molecular complexity index is 737. The highest BCUT2D eigenvalue weighted by Crippen LogP contribution is 2.35. The first-order chi connectivity index (χ1) is 12.5. The number of hydrogen-bond donors (Lipinski definition) is 1. The number of hydrogen-bond acceptors (Lipinski definition) is 4. The molecule has 6 nitrogen and oxygen atoms in total. The topological polar surface area (TPSA) is 61.4 Å². The van der Waals surface area contributed by atoms with Crippen LogP contribution in [0.25, 0.3) is 0 Å². The zero-order valence-electron chi connectivity index (χ0n) is 15.2. The zero-order valence-corrected chi connectivity index (χ0v) is 15.9. The number of amides is 2. The number of aromatic nitrogens is 2. The fourth-order valence-corrected chi connectivity index (χ4v) is 3.76. The van der Waals surface area contributed by atoms with Gasteiger partial charge in [0.1, 0.15) is 0 Å². The highest BCUT2D eigenvalue weighted by Gasteiger charge is 2.35. The molecule has 1 aromatic heterocycles. The standard InChI is InChI=1S/C19H24ClN5O/c1-24(2)19(15-7-4-3-5-8-15)9-6-12-25(18(26)21-11-10-19)16-13-22-17(20)23-14-16/h3-5,7-8,13-14H,6,9-12H2,1-2H3,(H,21,26)/t19-/m0/s1. The molecule has 2 heterocycles. The lowest BCUT2D eigenvalue weighted by Gasteiger charge is -2.41. The summed E-state index contributed by atoms with van der Waals surface area (Å²) in [7, 11) is 4.22. The summed E-state index contributed by atoms with van der Waals surface area (Å²) in [6.45, 7) is 1.19. The van der Waals surface area contributed by atoms with Gasteiger partial charge in [0.25, 0.3) is 0 Å². The van der Waals surface area contributed by atoms with Crippen molar-refractivity contribution in [2.45, 2.75) is 24.8 Å². The maximum Gasteiger partial charge on any atom is 0.321 e. The van der Waals surface area contributed by atoms with Crippen molar-refractivity contribution in [2.24, 2.45) is 0 Å². The first kappa shape index (κ1) is 18.6. The second-order valence-electron chi connectivity index (χ2n) is 6.74. The molecule has 3 rings (SSSR count). The summed E-state index contributed by atoms with van der Waals surface area (Å²) in [6.07, 6.45) is 5.83. The van der Waals surface area contributed by atoms with Crippen LogP contribution in [-0.2, 0) is 5.54 Å². The Balaban J connectivity index is 1.85. The van der Waals surface area contributed by atoms with E-state index in [0.717, 1.165) is 19.3 Å². The van der Waals surface area contributed by atoms with Crippen LogP contribution in [0.3, 0.4) is 0 Å². The van der Waals surface area contributed by atoms with Crippen molar-refractivity contribution in [3.8, 4) is 0 Å². The van der Waals surface area contributed by atoms with E-state index in [1.165, 1.54) is 5.56 Å². The van der Waals surface area contributed by atoms with Crippen LogP contribution < -0.4 is 10.2 Å². The van der Waals surface area contributed by atoms with E-state index < -0.39 is 0 Å². The molecule has 1 aliphatic heterocycles. The monoisotopic (exact) mass is 373 g/mol. The highest BCUT2D eigenvalue weighted by atomic mass is 35.5. The van der Waals surface area contributed by atoms with E-state index >= 15 is 0 Å². The smallest absolute Gasteiger partial charge is 0.321 e. The van der Waals surface area contributed by atoms with Crippen molar-refractivity contribution in [2.75, 3.05) is 32.1 Å². The second-order valence-corrected chi connectivity index (χ2v) is 7.08. The molecule has 1 saturated heterocycles. The summed E-state index contributed by atoms with van der Waals surface area (Å²) in [5, 5.41) is 3.21. The molecular weight excluding hydrogens is 350 g/mol. The molecule has 1 aromatic carbocycles. The molecule has 1 aliphatic rings. The van der Waals surface area contributed by atoms with Gasteiger partial charge in [0.05, 0.1) is 18.1 Å². The van der Waals surface area contributed by atoms with E-state index in [2.05, 4.69) is 58.5 Å². The van der Waals surface area contributed by atoms with Gasteiger partial charge in [-0.2, -0.15) is 0 Å². The fraction of sp³-hybridized carbons (Fsp3) is 0.421. The van der Waals surface area contributed by atoms with Gasteiger partial charge in [-0.1, -0.05) is 30.3 Å². The molecule has 0 unspecified atom stereocenters. The van der Waals surface area contributed by atoms with Gasteiger partial charge in [-0.25, -0.2) is 14.8 Å². The lowest BCUT2D eigenvalue weighted by Crippen LogP contribution is -2.44. The van der Waals surface area contributed by atoms with Gasteiger partial charge >= 0.3 is 6.03 Å². The summed E-state index contributed by atoms with van der Waals surface area (Å²) >= 11 is 5.76. The summed E-state index contributed by atoms with van der Waals surface area (Å²) in [5.41, 5.74) is 1.83. The van der Waals surface area contributed by atoms with E-state index in [1.54, 1.807) is 17.3 Å². The molecule has 0 aliphatic carbocycles. The number of carbonyl (C=O) groups is 1. The van der Waals surface area contributed by atoms with Crippen molar-refractivity contribution in [3.05, 3.63) is 53.6 Å². The molecule has 0 bridgehead atoms. The SMILES string of the molecule is CN(C)[C@@]1(c2ccccc2)CCCN(c2cnc(Cl)nc2)C(=O)NCC1. The summed E-state index contributed by atoms with van der Waals surface area (Å²) in [5.74, 6) is 0. The van der Waals surface area contributed by atoms with Crippen LogP contribution in [0, 0.1) is 0 Å². The Morgan fingerprint density at radius 2 is 1.85 bits per heavy atom. The Morgan fingerprint density at radius 3 is 2.50 bits per heavy atom. The molecule has 1 fully saturated rings. The second kappa shape index (κ2) is 8.01. The first-order valence-electron chi connectivity index (χ1n) is 8.79. The predicted molar refractivity (Wildman–Crippen MR) is 103 cm³/mol. The third-order valence-corrected chi connectivity index (χ3v) is 5.31. The molecule has 7 heteroatoms. The first-order valence-corrected chi connectivity index (χ1v) is 9.16. The normalized spacial score (nSPS) is 21.7. The summed E-state index contributed by atoms with van der Waals surface area (Å²) < 4.78 is 0. The van der Waals surface area contributed by atoms with Crippen LogP contribution >= 0.6 is 11.6 Å². The molecule has 0 spiro atoms. The minimum absolute atomic E-state index is 0.110. The number of carbonyl (C=O) groups excluding carboxylic acids is 1. The van der Waals surface area contributed by atoms with Gasteiger partial charge in [0, 0.05) is 18.6 Å². The number of anilines is 1. The largest absolute Gasteiger partial charge is 0.338 e. The number of nitrogens with zero attached hydrogens (tertiary/aromatic N) is 4. The molecule has 1 atom stereocenters. The average molecular weight is 374 g/mol. The predicted octanol–water partition coefficient (Wildman–Crippen LogP) is 3.29. The fourth-order valence-electron chi connectivity index (χ4n) is 3.66. The molecule has 2 amide bonds. The maximum absolute atomic E-state index is 12.6. The van der Waals surface area contributed by atoms with Gasteiger partial charge in [0.15, 0.2) is 0 Å². The van der Waals surface area contributed by atoms with Crippen LogP contribution in [-0.4, -0.2) is 48.1 Å². The lowest BCUT2D eigenvalue weighted by molar-refractivity contribution is 0.126. The average Bonchev–Trinajstić information content (AvgIpc) is 2.73. The van der Waals surface area contributed by atoms with Crippen molar-refractivity contribution in [1.29, 1.82) is 0 Å². The van der Waals surface area contributed by atoms with E-state index in [4.69, 9.17) is 11.6 Å². The molecule has 26 heavy (non-hydrogen) atoms. The Morgan fingerprint density at radius 1 is 1.15 bits per heavy atom. The van der Waals surface area contributed by atoms with E-state index in [1.807, 2.05) is 6.07 Å². The molecule has 138 valence electrons. The Labute approximate surface area is 159 Å². The number of benzene rings is 1. The van der Waals surface area contributed by atoms with Crippen LogP contribution in [0.4, 0.5) is 10.5 Å². The molecule has 0 saturated carbocycles. The molecule has 2 aromatic rings.